The zero-order valence-corrected chi connectivity index (χ0v) is 15.4. The number of hydrogen-bond donors (Lipinski definition) is 2. The Hall–Kier alpha value is -0.750. The first-order valence-corrected chi connectivity index (χ1v) is 11.0. The van der Waals surface area contributed by atoms with E-state index in [9.17, 15) is 5.11 Å². The summed E-state index contributed by atoms with van der Waals surface area (Å²) in [4.78, 5) is 4.66. The van der Waals surface area contributed by atoms with Gasteiger partial charge in [0.05, 0.1) is 11.6 Å². The Morgan fingerprint density at radius 1 is 1.12 bits per heavy atom. The van der Waals surface area contributed by atoms with Crippen LogP contribution < -0.4 is 5.32 Å². The van der Waals surface area contributed by atoms with Crippen LogP contribution in [0.5, 0.6) is 0 Å². The van der Waals surface area contributed by atoms with Crippen LogP contribution in [0.25, 0.3) is 10.9 Å². The predicted octanol–water partition coefficient (Wildman–Crippen LogP) is 3.49. The van der Waals surface area contributed by atoms with E-state index < -0.39 is 0 Å². The number of aliphatic hydroxyl groups is 1. The normalized spacial score (nSPS) is 26.7. The molecule has 3 nitrogen and oxygen atoms in total. The van der Waals surface area contributed by atoms with E-state index in [0.29, 0.717) is 18.0 Å². The molecule has 0 unspecified atom stereocenters. The van der Waals surface area contributed by atoms with Crippen LogP contribution in [0.2, 0.25) is 0 Å². The lowest BCUT2D eigenvalue weighted by Gasteiger charge is -2.40. The van der Waals surface area contributed by atoms with Gasteiger partial charge in [-0.25, -0.2) is 0 Å². The van der Waals surface area contributed by atoms with Gasteiger partial charge in [0.2, 0.25) is 0 Å². The van der Waals surface area contributed by atoms with Gasteiger partial charge in [-0.1, -0.05) is 18.2 Å². The zero-order valence-electron chi connectivity index (χ0n) is 13.7. The van der Waals surface area contributed by atoms with Crippen molar-refractivity contribution in [2.45, 2.75) is 31.0 Å². The van der Waals surface area contributed by atoms with Gasteiger partial charge in [0.15, 0.2) is 0 Å². The van der Waals surface area contributed by atoms with Crippen molar-refractivity contribution in [2.75, 3.05) is 23.0 Å². The van der Waals surface area contributed by atoms with E-state index in [0.717, 1.165) is 18.4 Å². The Bertz CT molecular complexity index is 682. The number of nitrogens with one attached hydrogen (secondary N) is 1. The lowest BCUT2D eigenvalue weighted by atomic mass is 9.75. The summed E-state index contributed by atoms with van der Waals surface area (Å²) in [5, 5.41) is 14.9. The molecule has 1 aromatic heterocycles. The van der Waals surface area contributed by atoms with Gasteiger partial charge < -0.3 is 10.4 Å². The van der Waals surface area contributed by atoms with E-state index >= 15 is 0 Å². The first-order chi connectivity index (χ1) is 11.8. The van der Waals surface area contributed by atoms with Crippen molar-refractivity contribution >= 4 is 34.4 Å². The second kappa shape index (κ2) is 7.65. The van der Waals surface area contributed by atoms with E-state index in [1.165, 1.54) is 34.0 Å². The summed E-state index contributed by atoms with van der Waals surface area (Å²) >= 11 is 4.11. The highest BCUT2D eigenvalue weighted by atomic mass is 32.2. The van der Waals surface area contributed by atoms with Crippen LogP contribution in [-0.4, -0.2) is 45.2 Å². The van der Waals surface area contributed by atoms with Crippen molar-refractivity contribution in [2.24, 2.45) is 5.92 Å². The molecule has 0 amide bonds. The molecule has 24 heavy (non-hydrogen) atoms. The summed E-state index contributed by atoms with van der Waals surface area (Å²) in [6.07, 6.45) is 3.71. The van der Waals surface area contributed by atoms with Crippen LogP contribution in [0.4, 0.5) is 0 Å². The van der Waals surface area contributed by atoms with Gasteiger partial charge in [-0.15, -0.1) is 0 Å². The second-order valence-electron chi connectivity index (χ2n) is 6.84. The maximum Gasteiger partial charge on any atom is 0.0702 e. The quantitative estimate of drug-likeness (QED) is 0.874. The number of benzene rings is 1. The third kappa shape index (κ3) is 3.74. The largest absolute Gasteiger partial charge is 0.393 e. The number of aromatic nitrogens is 1. The standard InChI is InChI=1S/C19H24N2OS2/c22-17-8-14(9-17)19(21-16-11-23-5-6-24-12-16)15-7-13-3-1-2-4-18(13)20-10-15/h1-4,7,10,14,16-17,19,21-22H,5-6,8-9,11-12H2/t14?,17?,19-/m0/s1. The highest BCUT2D eigenvalue weighted by molar-refractivity contribution is 8.03. The van der Waals surface area contributed by atoms with E-state index in [-0.39, 0.29) is 6.10 Å². The number of aliphatic hydroxyl groups excluding tert-OH is 1. The SMILES string of the molecule is OC1CC([C@H](NC2CSCCSC2)c2cnc3ccccc3c2)C1. The third-order valence-corrected chi connectivity index (χ3v) is 7.54. The molecule has 2 fully saturated rings. The molecular weight excluding hydrogens is 336 g/mol. The maximum absolute atomic E-state index is 9.79. The molecular formula is C19H24N2OS2. The Morgan fingerprint density at radius 2 is 1.88 bits per heavy atom. The molecule has 1 saturated carbocycles. The summed E-state index contributed by atoms with van der Waals surface area (Å²) in [5.74, 6) is 5.39. The molecule has 1 aromatic carbocycles. The van der Waals surface area contributed by atoms with Crippen LogP contribution in [0.3, 0.4) is 0 Å². The molecule has 4 rings (SSSR count). The first kappa shape index (κ1) is 16.7. The average Bonchev–Trinajstić information content (AvgIpc) is 2.85. The molecule has 1 saturated heterocycles. The van der Waals surface area contributed by atoms with Crippen molar-refractivity contribution in [1.82, 2.24) is 10.3 Å². The number of pyridine rings is 1. The number of nitrogens with zero attached hydrogens (tertiary/aromatic N) is 1. The topological polar surface area (TPSA) is 45.1 Å². The molecule has 1 atom stereocenters. The fourth-order valence-corrected chi connectivity index (χ4v) is 6.05. The van der Waals surface area contributed by atoms with Crippen LogP contribution in [0, 0.1) is 5.92 Å². The summed E-state index contributed by atoms with van der Waals surface area (Å²) in [6, 6.07) is 11.4. The first-order valence-electron chi connectivity index (χ1n) is 8.74. The summed E-state index contributed by atoms with van der Waals surface area (Å²) in [7, 11) is 0. The fraction of sp³-hybridized carbons (Fsp3) is 0.526. The minimum absolute atomic E-state index is 0.120. The predicted molar refractivity (Wildman–Crippen MR) is 105 cm³/mol. The minimum atomic E-state index is -0.120. The zero-order chi connectivity index (χ0) is 16.4. The smallest absolute Gasteiger partial charge is 0.0702 e. The highest BCUT2D eigenvalue weighted by Gasteiger charge is 2.36. The molecule has 0 radical (unpaired) electrons. The summed E-state index contributed by atoms with van der Waals surface area (Å²) in [6.45, 7) is 0. The summed E-state index contributed by atoms with van der Waals surface area (Å²) in [5.41, 5.74) is 2.32. The van der Waals surface area contributed by atoms with E-state index in [1.807, 2.05) is 12.3 Å². The monoisotopic (exact) mass is 360 g/mol. The third-order valence-electron chi connectivity index (χ3n) is 5.02. The molecule has 1 aliphatic carbocycles. The number of hydrogen-bond acceptors (Lipinski definition) is 5. The molecule has 2 heterocycles. The van der Waals surface area contributed by atoms with E-state index in [1.54, 1.807) is 0 Å². The summed E-state index contributed by atoms with van der Waals surface area (Å²) < 4.78 is 0. The van der Waals surface area contributed by atoms with Crippen molar-refractivity contribution in [3.63, 3.8) is 0 Å². The lowest BCUT2D eigenvalue weighted by Crippen LogP contribution is -2.44. The van der Waals surface area contributed by atoms with Gasteiger partial charge in [0.1, 0.15) is 0 Å². The second-order valence-corrected chi connectivity index (χ2v) is 9.14. The minimum Gasteiger partial charge on any atom is -0.393 e. The van der Waals surface area contributed by atoms with Gasteiger partial charge in [-0.05, 0) is 36.5 Å². The lowest BCUT2D eigenvalue weighted by molar-refractivity contribution is 0.0227. The molecule has 2 aromatic rings. The van der Waals surface area contributed by atoms with Gasteiger partial charge in [-0.3, -0.25) is 4.98 Å². The maximum atomic E-state index is 9.79. The average molecular weight is 361 g/mol. The Labute approximate surface area is 152 Å². The van der Waals surface area contributed by atoms with Gasteiger partial charge in [0.25, 0.3) is 0 Å². The molecule has 2 N–H and O–H groups in total. The molecule has 2 aliphatic rings. The number of fused-ring (bicyclic) bond motifs is 1. The van der Waals surface area contributed by atoms with Crippen LogP contribution in [0.15, 0.2) is 36.5 Å². The van der Waals surface area contributed by atoms with Gasteiger partial charge in [0, 0.05) is 46.7 Å². The fourth-order valence-electron chi connectivity index (χ4n) is 3.63. The van der Waals surface area contributed by atoms with Crippen LogP contribution in [-0.2, 0) is 0 Å². The molecule has 1 aliphatic heterocycles. The van der Waals surface area contributed by atoms with Crippen LogP contribution >= 0.6 is 23.5 Å². The van der Waals surface area contributed by atoms with Crippen molar-refractivity contribution < 1.29 is 5.11 Å². The van der Waals surface area contributed by atoms with Crippen molar-refractivity contribution in [3.8, 4) is 0 Å². The van der Waals surface area contributed by atoms with E-state index in [4.69, 9.17) is 0 Å². The van der Waals surface area contributed by atoms with Crippen molar-refractivity contribution in [3.05, 3.63) is 42.1 Å². The molecule has 128 valence electrons. The van der Waals surface area contributed by atoms with Crippen molar-refractivity contribution in [1.29, 1.82) is 0 Å². The van der Waals surface area contributed by atoms with E-state index in [2.05, 4.69) is 58.1 Å². The Kier molecular flexibility index (Phi) is 5.32. The number of para-hydroxylation sites is 1. The number of thioether (sulfide) groups is 2. The molecule has 0 bridgehead atoms. The number of rotatable bonds is 4. The molecule has 5 heteroatoms. The molecule has 0 spiro atoms. The Balaban J connectivity index is 1.58. The van der Waals surface area contributed by atoms with Gasteiger partial charge >= 0.3 is 0 Å². The van der Waals surface area contributed by atoms with Gasteiger partial charge in [-0.2, -0.15) is 23.5 Å². The highest BCUT2D eigenvalue weighted by Crippen LogP contribution is 2.39. The Morgan fingerprint density at radius 3 is 2.62 bits per heavy atom. The van der Waals surface area contributed by atoms with Crippen LogP contribution in [0.1, 0.15) is 24.4 Å².